The van der Waals surface area contributed by atoms with E-state index in [4.69, 9.17) is 9.47 Å². The fourth-order valence-corrected chi connectivity index (χ4v) is 2.03. The van der Waals surface area contributed by atoms with Crippen LogP contribution in [0.5, 0.6) is 0 Å². The molecule has 3 unspecified atom stereocenters. The molecule has 12 heavy (non-hydrogen) atoms. The molecule has 0 N–H and O–H groups in total. The molecule has 2 aliphatic heterocycles. The van der Waals surface area contributed by atoms with E-state index >= 15 is 0 Å². The van der Waals surface area contributed by atoms with Crippen LogP contribution in [0.15, 0.2) is 0 Å². The first kappa shape index (κ1) is 8.52. The Hall–Kier alpha value is -0.0800. The van der Waals surface area contributed by atoms with E-state index in [-0.39, 0.29) is 0 Å². The van der Waals surface area contributed by atoms with Gasteiger partial charge in [-0.1, -0.05) is 13.3 Å². The average Bonchev–Trinajstić information content (AvgIpc) is 2.04. The summed E-state index contributed by atoms with van der Waals surface area (Å²) in [5.74, 6) is 0. The van der Waals surface area contributed by atoms with Crippen molar-refractivity contribution in [3.8, 4) is 0 Å². The van der Waals surface area contributed by atoms with Crippen LogP contribution in [-0.4, -0.2) is 24.9 Å². The maximum Gasteiger partial charge on any atom is 0.0865 e. The predicted octanol–water partition coefficient (Wildman–Crippen LogP) is 2.12. The summed E-state index contributed by atoms with van der Waals surface area (Å²) in [5.41, 5.74) is 0. The number of unbranched alkanes of at least 4 members (excludes halogenated alkanes) is 1. The lowest BCUT2D eigenvalue weighted by Crippen LogP contribution is -2.51. The summed E-state index contributed by atoms with van der Waals surface area (Å²) in [6, 6.07) is 0. The number of hydrogen-bond acceptors (Lipinski definition) is 2. The molecule has 2 heterocycles. The number of rotatable bonds is 4. The Morgan fingerprint density at radius 3 is 2.83 bits per heavy atom. The molecule has 3 atom stereocenters. The van der Waals surface area contributed by atoms with E-state index < -0.39 is 0 Å². The molecule has 2 nitrogen and oxygen atoms in total. The van der Waals surface area contributed by atoms with Crippen LogP contribution in [0, 0.1) is 0 Å². The summed E-state index contributed by atoms with van der Waals surface area (Å²) in [5, 5.41) is 0. The topological polar surface area (TPSA) is 18.5 Å². The normalized spacial score (nSPS) is 39.2. The third kappa shape index (κ3) is 1.64. The largest absolute Gasteiger partial charge is 0.376 e. The lowest BCUT2D eigenvalue weighted by Gasteiger charge is -2.46. The van der Waals surface area contributed by atoms with Gasteiger partial charge >= 0.3 is 0 Å². The number of hydrogen-bond donors (Lipinski definition) is 0. The molecule has 0 aromatic carbocycles. The second-order valence-corrected chi connectivity index (χ2v) is 3.87. The van der Waals surface area contributed by atoms with Crippen LogP contribution < -0.4 is 0 Å². The van der Waals surface area contributed by atoms with Gasteiger partial charge in [0.1, 0.15) is 0 Å². The first-order valence-electron chi connectivity index (χ1n) is 5.17. The van der Waals surface area contributed by atoms with Crippen molar-refractivity contribution in [3.63, 3.8) is 0 Å². The Bertz CT molecular complexity index is 138. The summed E-state index contributed by atoms with van der Waals surface area (Å²) < 4.78 is 11.3. The fourth-order valence-electron chi connectivity index (χ4n) is 2.03. The number of fused-ring (bicyclic) bond motifs is 2. The second-order valence-electron chi connectivity index (χ2n) is 3.87. The molecule has 3 aliphatic rings. The van der Waals surface area contributed by atoms with Crippen molar-refractivity contribution in [2.45, 2.75) is 57.3 Å². The first-order valence-corrected chi connectivity index (χ1v) is 5.17. The van der Waals surface area contributed by atoms with Crippen molar-refractivity contribution in [1.82, 2.24) is 0 Å². The van der Waals surface area contributed by atoms with Gasteiger partial charge in [-0.05, 0) is 19.3 Å². The fraction of sp³-hybridized carbons (Fsp3) is 1.00. The van der Waals surface area contributed by atoms with Crippen LogP contribution in [0.2, 0.25) is 0 Å². The van der Waals surface area contributed by atoms with Crippen LogP contribution in [0.3, 0.4) is 0 Å². The maximum atomic E-state index is 5.75. The minimum atomic E-state index is 0.418. The zero-order valence-corrected chi connectivity index (χ0v) is 7.79. The van der Waals surface area contributed by atoms with Gasteiger partial charge in [-0.15, -0.1) is 0 Å². The van der Waals surface area contributed by atoms with Crippen LogP contribution in [0.1, 0.15) is 39.0 Å². The number of ether oxygens (including phenoxy) is 2. The summed E-state index contributed by atoms with van der Waals surface area (Å²) in [7, 11) is 0. The first-order chi connectivity index (χ1) is 5.90. The Morgan fingerprint density at radius 2 is 2.25 bits per heavy atom. The maximum absolute atomic E-state index is 5.75. The van der Waals surface area contributed by atoms with Gasteiger partial charge in [0.05, 0.1) is 18.3 Å². The molecule has 2 bridgehead atoms. The summed E-state index contributed by atoms with van der Waals surface area (Å²) in [6.45, 7) is 3.12. The van der Waals surface area contributed by atoms with Crippen LogP contribution in [-0.2, 0) is 9.47 Å². The molecule has 70 valence electrons. The predicted molar refractivity (Wildman–Crippen MR) is 47.2 cm³/mol. The molecule has 2 saturated heterocycles. The molecule has 0 spiro atoms. The van der Waals surface area contributed by atoms with E-state index in [1.165, 1.54) is 32.1 Å². The van der Waals surface area contributed by atoms with Gasteiger partial charge in [-0.2, -0.15) is 0 Å². The third-order valence-electron chi connectivity index (χ3n) is 2.88. The molecule has 3 fully saturated rings. The Balaban J connectivity index is 1.66. The van der Waals surface area contributed by atoms with Crippen molar-refractivity contribution < 1.29 is 9.47 Å². The van der Waals surface area contributed by atoms with Gasteiger partial charge < -0.3 is 9.47 Å². The van der Waals surface area contributed by atoms with Crippen molar-refractivity contribution in [1.29, 1.82) is 0 Å². The second kappa shape index (κ2) is 3.75. The lowest BCUT2D eigenvalue weighted by atomic mass is 9.86. The molecule has 0 amide bonds. The Labute approximate surface area is 74.2 Å². The van der Waals surface area contributed by atoms with Gasteiger partial charge in [0.15, 0.2) is 0 Å². The highest BCUT2D eigenvalue weighted by Gasteiger charge is 2.41. The van der Waals surface area contributed by atoms with Crippen molar-refractivity contribution in [3.05, 3.63) is 0 Å². The molecular formula is C10H18O2. The molecule has 0 radical (unpaired) electrons. The minimum absolute atomic E-state index is 0.418. The van der Waals surface area contributed by atoms with Gasteiger partial charge in [0.25, 0.3) is 0 Å². The quantitative estimate of drug-likeness (QED) is 0.602. The molecule has 1 aliphatic carbocycles. The highest BCUT2D eigenvalue weighted by molar-refractivity contribution is 4.90. The highest BCUT2D eigenvalue weighted by atomic mass is 16.6. The van der Waals surface area contributed by atoms with E-state index in [9.17, 15) is 0 Å². The average molecular weight is 170 g/mol. The monoisotopic (exact) mass is 170 g/mol. The van der Waals surface area contributed by atoms with Gasteiger partial charge in [-0.25, -0.2) is 0 Å². The molecule has 1 saturated carbocycles. The zero-order chi connectivity index (χ0) is 8.39. The standard InChI is InChI=1S/C10H18O2/c1-2-3-6-11-9-5-4-8-7-10(9)12-8/h8-10H,2-7H2,1H3. The molecule has 0 aromatic heterocycles. The van der Waals surface area contributed by atoms with Crippen molar-refractivity contribution in [2.24, 2.45) is 0 Å². The Kier molecular flexibility index (Phi) is 2.66. The van der Waals surface area contributed by atoms with E-state index in [0.29, 0.717) is 18.3 Å². The van der Waals surface area contributed by atoms with E-state index in [2.05, 4.69) is 6.92 Å². The van der Waals surface area contributed by atoms with Crippen molar-refractivity contribution in [2.75, 3.05) is 6.61 Å². The summed E-state index contributed by atoms with van der Waals surface area (Å²) in [4.78, 5) is 0. The van der Waals surface area contributed by atoms with Crippen LogP contribution in [0.25, 0.3) is 0 Å². The van der Waals surface area contributed by atoms with E-state index in [1.807, 2.05) is 0 Å². The molecule has 2 heteroatoms. The van der Waals surface area contributed by atoms with E-state index in [0.717, 1.165) is 6.61 Å². The highest BCUT2D eigenvalue weighted by Crippen LogP contribution is 2.36. The summed E-state index contributed by atoms with van der Waals surface area (Å²) >= 11 is 0. The molecule has 3 rings (SSSR count). The summed E-state index contributed by atoms with van der Waals surface area (Å²) in [6.07, 6.45) is 7.54. The van der Waals surface area contributed by atoms with Gasteiger partial charge in [-0.3, -0.25) is 0 Å². The van der Waals surface area contributed by atoms with Crippen LogP contribution in [0.4, 0.5) is 0 Å². The van der Waals surface area contributed by atoms with E-state index in [1.54, 1.807) is 0 Å². The minimum Gasteiger partial charge on any atom is -0.376 e. The third-order valence-corrected chi connectivity index (χ3v) is 2.88. The zero-order valence-electron chi connectivity index (χ0n) is 7.79. The smallest absolute Gasteiger partial charge is 0.0865 e. The molecule has 0 aromatic rings. The Morgan fingerprint density at radius 1 is 1.42 bits per heavy atom. The van der Waals surface area contributed by atoms with Crippen molar-refractivity contribution >= 4 is 0 Å². The van der Waals surface area contributed by atoms with Gasteiger partial charge in [0.2, 0.25) is 0 Å². The van der Waals surface area contributed by atoms with Crippen LogP contribution >= 0.6 is 0 Å². The lowest BCUT2D eigenvalue weighted by molar-refractivity contribution is -0.220. The van der Waals surface area contributed by atoms with Gasteiger partial charge in [0, 0.05) is 13.0 Å². The molecular weight excluding hydrogens is 152 g/mol. The SMILES string of the molecule is CCCCOC1CCC2CC1O2.